The van der Waals surface area contributed by atoms with E-state index in [1.807, 2.05) is 6.92 Å². The Bertz CT molecular complexity index is 1510. The summed E-state index contributed by atoms with van der Waals surface area (Å²) in [4.78, 5) is 13.0. The SMILES string of the molecule is COc1cc2c(=O)c(S(=O)(=O)c3ccc(C)cc3)cn(Cc3cccc(F)c3)c2cc1OC. The highest BCUT2D eigenvalue weighted by Crippen LogP contribution is 2.32. The van der Waals surface area contributed by atoms with Crippen LogP contribution in [0.2, 0.25) is 0 Å². The highest BCUT2D eigenvalue weighted by Gasteiger charge is 2.25. The number of methoxy groups -OCH3 is 2. The van der Waals surface area contributed by atoms with Gasteiger partial charge < -0.3 is 14.0 Å². The second kappa shape index (κ2) is 8.71. The number of halogens is 1. The molecule has 0 atom stereocenters. The summed E-state index contributed by atoms with van der Waals surface area (Å²) in [6, 6.07) is 15.3. The van der Waals surface area contributed by atoms with Crippen molar-refractivity contribution in [3.63, 3.8) is 0 Å². The van der Waals surface area contributed by atoms with Crippen molar-refractivity contribution in [2.45, 2.75) is 23.3 Å². The third kappa shape index (κ3) is 4.21. The second-order valence-corrected chi connectivity index (χ2v) is 9.54. The standard InChI is InChI=1S/C25H22FNO5S/c1-16-7-9-19(10-8-16)33(29,30)24-15-27(14-17-5-4-6-18(26)11-17)21-13-23(32-3)22(31-2)12-20(21)25(24)28/h4-13,15H,14H2,1-3H3. The zero-order valence-corrected chi connectivity index (χ0v) is 19.1. The van der Waals surface area contributed by atoms with E-state index in [1.165, 1.54) is 50.7 Å². The average molecular weight is 468 g/mol. The molecule has 0 unspecified atom stereocenters. The summed E-state index contributed by atoms with van der Waals surface area (Å²) in [5.74, 6) is 0.264. The number of fused-ring (bicyclic) bond motifs is 1. The van der Waals surface area contributed by atoms with Gasteiger partial charge in [0, 0.05) is 18.8 Å². The van der Waals surface area contributed by atoms with Crippen molar-refractivity contribution in [3.8, 4) is 11.5 Å². The van der Waals surface area contributed by atoms with Crippen molar-refractivity contribution >= 4 is 20.7 Å². The summed E-state index contributed by atoms with van der Waals surface area (Å²) >= 11 is 0. The van der Waals surface area contributed by atoms with Crippen molar-refractivity contribution < 1.29 is 22.3 Å². The quantitative estimate of drug-likeness (QED) is 0.422. The number of ether oxygens (including phenoxy) is 2. The molecule has 0 aliphatic heterocycles. The lowest BCUT2D eigenvalue weighted by Crippen LogP contribution is -2.20. The van der Waals surface area contributed by atoms with Crippen LogP contribution in [0.15, 0.2) is 81.4 Å². The molecule has 0 amide bonds. The van der Waals surface area contributed by atoms with E-state index in [4.69, 9.17) is 9.47 Å². The molecule has 0 saturated heterocycles. The molecule has 0 fully saturated rings. The van der Waals surface area contributed by atoms with Gasteiger partial charge in [0.05, 0.1) is 30.0 Å². The van der Waals surface area contributed by atoms with Crippen molar-refractivity contribution in [1.29, 1.82) is 0 Å². The van der Waals surface area contributed by atoms with E-state index in [0.29, 0.717) is 22.6 Å². The maximum Gasteiger partial charge on any atom is 0.211 e. The fourth-order valence-corrected chi connectivity index (χ4v) is 5.06. The molecule has 8 heteroatoms. The highest BCUT2D eigenvalue weighted by molar-refractivity contribution is 7.91. The van der Waals surface area contributed by atoms with Gasteiger partial charge in [-0.1, -0.05) is 29.8 Å². The predicted molar refractivity (Wildman–Crippen MR) is 123 cm³/mol. The molecule has 0 aliphatic rings. The first-order valence-electron chi connectivity index (χ1n) is 10.1. The monoisotopic (exact) mass is 467 g/mol. The Morgan fingerprint density at radius 2 is 1.61 bits per heavy atom. The zero-order chi connectivity index (χ0) is 23.8. The molecule has 1 heterocycles. The molecule has 0 radical (unpaired) electrons. The van der Waals surface area contributed by atoms with E-state index in [-0.39, 0.29) is 21.7 Å². The lowest BCUT2D eigenvalue weighted by molar-refractivity contribution is 0.355. The maximum atomic E-state index is 13.8. The van der Waals surface area contributed by atoms with E-state index in [0.717, 1.165) is 5.56 Å². The summed E-state index contributed by atoms with van der Waals surface area (Å²) in [6.45, 7) is 1.98. The molecular weight excluding hydrogens is 445 g/mol. The number of benzene rings is 3. The average Bonchev–Trinajstić information content (AvgIpc) is 2.80. The molecule has 0 saturated carbocycles. The molecule has 0 spiro atoms. The summed E-state index contributed by atoms with van der Waals surface area (Å²) < 4.78 is 52.9. The number of pyridine rings is 1. The number of rotatable bonds is 6. The Hall–Kier alpha value is -3.65. The number of hydrogen-bond acceptors (Lipinski definition) is 5. The van der Waals surface area contributed by atoms with Gasteiger partial charge in [-0.05, 0) is 42.8 Å². The molecule has 1 aromatic heterocycles. The minimum Gasteiger partial charge on any atom is -0.493 e. The summed E-state index contributed by atoms with van der Waals surface area (Å²) in [7, 11) is -1.22. The Morgan fingerprint density at radius 1 is 0.939 bits per heavy atom. The lowest BCUT2D eigenvalue weighted by Gasteiger charge is -2.16. The van der Waals surface area contributed by atoms with Crippen LogP contribution in [-0.4, -0.2) is 27.2 Å². The van der Waals surface area contributed by atoms with E-state index in [9.17, 15) is 17.6 Å². The van der Waals surface area contributed by atoms with Crippen molar-refractivity contribution in [3.05, 3.63) is 94.0 Å². The van der Waals surface area contributed by atoms with Crippen molar-refractivity contribution in [2.24, 2.45) is 0 Å². The minimum atomic E-state index is -4.12. The summed E-state index contributed by atoms with van der Waals surface area (Å²) in [5.41, 5.74) is 1.29. The van der Waals surface area contributed by atoms with Gasteiger partial charge in [0.2, 0.25) is 15.3 Å². The highest BCUT2D eigenvalue weighted by atomic mass is 32.2. The molecular formula is C25H22FNO5S. The fourth-order valence-electron chi connectivity index (χ4n) is 3.69. The van der Waals surface area contributed by atoms with Crippen LogP contribution in [0.1, 0.15) is 11.1 Å². The summed E-state index contributed by atoms with van der Waals surface area (Å²) in [5, 5.41) is 0.150. The maximum absolute atomic E-state index is 13.8. The minimum absolute atomic E-state index is 0.0160. The fraction of sp³-hybridized carbons (Fsp3) is 0.160. The van der Waals surface area contributed by atoms with Gasteiger partial charge in [0.15, 0.2) is 11.5 Å². The van der Waals surface area contributed by atoms with Crippen LogP contribution in [0, 0.1) is 12.7 Å². The van der Waals surface area contributed by atoms with Crippen LogP contribution in [-0.2, 0) is 16.4 Å². The van der Waals surface area contributed by atoms with Crippen LogP contribution in [0.3, 0.4) is 0 Å². The topological polar surface area (TPSA) is 74.6 Å². The Balaban J connectivity index is 2.02. The number of hydrogen-bond donors (Lipinski definition) is 0. The van der Waals surface area contributed by atoms with Crippen LogP contribution in [0.25, 0.3) is 10.9 Å². The predicted octanol–water partition coefficient (Wildman–Crippen LogP) is 4.35. The van der Waals surface area contributed by atoms with E-state index < -0.39 is 21.1 Å². The van der Waals surface area contributed by atoms with Crippen LogP contribution in [0.5, 0.6) is 11.5 Å². The Morgan fingerprint density at radius 3 is 2.24 bits per heavy atom. The Labute approximate surface area is 190 Å². The molecule has 0 bridgehead atoms. The second-order valence-electron chi connectivity index (χ2n) is 7.62. The number of aromatic nitrogens is 1. The van der Waals surface area contributed by atoms with Crippen LogP contribution in [0.4, 0.5) is 4.39 Å². The molecule has 33 heavy (non-hydrogen) atoms. The van der Waals surface area contributed by atoms with Gasteiger partial charge in [0.25, 0.3) is 0 Å². The third-order valence-electron chi connectivity index (χ3n) is 5.42. The van der Waals surface area contributed by atoms with Gasteiger partial charge in [-0.25, -0.2) is 12.8 Å². The molecule has 4 rings (SSSR count). The van der Waals surface area contributed by atoms with E-state index in [1.54, 1.807) is 34.9 Å². The van der Waals surface area contributed by atoms with E-state index >= 15 is 0 Å². The smallest absolute Gasteiger partial charge is 0.211 e. The molecule has 170 valence electrons. The molecule has 3 aromatic carbocycles. The first kappa shape index (κ1) is 22.5. The van der Waals surface area contributed by atoms with E-state index in [2.05, 4.69) is 0 Å². The van der Waals surface area contributed by atoms with Gasteiger partial charge >= 0.3 is 0 Å². The molecule has 0 N–H and O–H groups in total. The van der Waals surface area contributed by atoms with Gasteiger partial charge in [0.1, 0.15) is 10.7 Å². The van der Waals surface area contributed by atoms with Gasteiger partial charge in [-0.3, -0.25) is 4.79 Å². The summed E-state index contributed by atoms with van der Waals surface area (Å²) in [6.07, 6.45) is 1.30. The number of aryl methyl sites for hydroxylation is 1. The third-order valence-corrected chi connectivity index (χ3v) is 7.18. The molecule has 4 aromatic rings. The Kier molecular flexibility index (Phi) is 5.95. The largest absolute Gasteiger partial charge is 0.493 e. The first-order valence-corrected chi connectivity index (χ1v) is 11.6. The first-order chi connectivity index (χ1) is 15.7. The van der Waals surface area contributed by atoms with Crippen LogP contribution < -0.4 is 14.9 Å². The molecule has 6 nitrogen and oxygen atoms in total. The number of sulfone groups is 1. The normalized spacial score (nSPS) is 11.5. The zero-order valence-electron chi connectivity index (χ0n) is 18.3. The van der Waals surface area contributed by atoms with Gasteiger partial charge in [-0.2, -0.15) is 0 Å². The van der Waals surface area contributed by atoms with Crippen LogP contribution >= 0.6 is 0 Å². The molecule has 0 aliphatic carbocycles. The van der Waals surface area contributed by atoms with Gasteiger partial charge in [-0.15, -0.1) is 0 Å². The van der Waals surface area contributed by atoms with Crippen molar-refractivity contribution in [1.82, 2.24) is 4.57 Å². The lowest BCUT2D eigenvalue weighted by atomic mass is 10.1. The van der Waals surface area contributed by atoms with Crippen molar-refractivity contribution in [2.75, 3.05) is 14.2 Å². The number of nitrogens with zero attached hydrogens (tertiary/aromatic N) is 1.